The van der Waals surface area contributed by atoms with Gasteiger partial charge in [0.25, 0.3) is 0 Å². The largest absolute Gasteiger partial charge is 0.477 e. The molecule has 0 bridgehead atoms. The van der Waals surface area contributed by atoms with Crippen LogP contribution >= 0.6 is 11.3 Å². The van der Waals surface area contributed by atoms with E-state index in [1.165, 1.54) is 21.5 Å². The molecular formula is C20H18N2O3S. The number of carboxylic acids is 1. The third-order valence-corrected chi connectivity index (χ3v) is 6.52. The maximum Gasteiger partial charge on any atom is 0.341 e. The lowest BCUT2D eigenvalue weighted by Gasteiger charge is -2.12. The summed E-state index contributed by atoms with van der Waals surface area (Å²) < 4.78 is 1.98. The van der Waals surface area contributed by atoms with Gasteiger partial charge >= 0.3 is 5.97 Å². The third kappa shape index (κ3) is 2.48. The number of thiophene rings is 1. The van der Waals surface area contributed by atoms with E-state index >= 15 is 0 Å². The van der Waals surface area contributed by atoms with Crippen LogP contribution in [0.4, 0.5) is 0 Å². The Morgan fingerprint density at radius 1 is 1.27 bits per heavy atom. The lowest BCUT2D eigenvalue weighted by Crippen LogP contribution is -2.21. The van der Waals surface area contributed by atoms with Crippen LogP contribution in [0.5, 0.6) is 0 Å². The zero-order valence-corrected chi connectivity index (χ0v) is 14.9. The van der Waals surface area contributed by atoms with Crippen LogP contribution in [0.15, 0.2) is 35.3 Å². The van der Waals surface area contributed by atoms with Gasteiger partial charge in [0.2, 0.25) is 5.43 Å². The number of carbonyl (C=O) groups is 1. The molecule has 3 aromatic rings. The molecule has 1 aromatic carbocycles. The van der Waals surface area contributed by atoms with E-state index < -0.39 is 11.4 Å². The number of aromatic carboxylic acids is 1. The minimum Gasteiger partial charge on any atom is -0.477 e. The number of pyridine rings is 1. The molecule has 2 aliphatic rings. The van der Waals surface area contributed by atoms with Crippen molar-refractivity contribution in [3.05, 3.63) is 56.7 Å². The number of nitrogens with one attached hydrogen (secondary N) is 1. The fourth-order valence-corrected chi connectivity index (χ4v) is 4.88. The van der Waals surface area contributed by atoms with Gasteiger partial charge in [-0.2, -0.15) is 0 Å². The molecule has 1 fully saturated rings. The Bertz CT molecular complexity index is 1080. The van der Waals surface area contributed by atoms with E-state index in [1.807, 2.05) is 28.0 Å². The van der Waals surface area contributed by atoms with E-state index in [-0.39, 0.29) is 5.56 Å². The Morgan fingerprint density at radius 3 is 2.85 bits per heavy atom. The van der Waals surface area contributed by atoms with Crippen molar-refractivity contribution in [2.75, 3.05) is 6.54 Å². The summed E-state index contributed by atoms with van der Waals surface area (Å²) in [5.74, 6) is -1.16. The number of hydrogen-bond donors (Lipinski definition) is 2. The molecule has 0 saturated heterocycles. The van der Waals surface area contributed by atoms with Crippen molar-refractivity contribution in [3.63, 3.8) is 0 Å². The molecule has 26 heavy (non-hydrogen) atoms. The molecular weight excluding hydrogens is 348 g/mol. The molecule has 1 saturated carbocycles. The quantitative estimate of drug-likeness (QED) is 0.745. The second kappa shape index (κ2) is 5.79. The van der Waals surface area contributed by atoms with Gasteiger partial charge in [0.05, 0.1) is 5.52 Å². The van der Waals surface area contributed by atoms with Crippen molar-refractivity contribution in [3.8, 4) is 10.4 Å². The molecule has 3 heterocycles. The lowest BCUT2D eigenvalue weighted by molar-refractivity contribution is 0.0695. The summed E-state index contributed by atoms with van der Waals surface area (Å²) >= 11 is 1.82. The van der Waals surface area contributed by atoms with Crippen LogP contribution in [0.2, 0.25) is 0 Å². The topological polar surface area (TPSA) is 71.3 Å². The minimum atomic E-state index is -1.16. The first-order chi connectivity index (χ1) is 12.6. The number of fused-ring (bicyclic) bond motifs is 2. The van der Waals surface area contributed by atoms with Gasteiger partial charge in [0.1, 0.15) is 5.56 Å². The summed E-state index contributed by atoms with van der Waals surface area (Å²) in [5, 5.41) is 13.2. The summed E-state index contributed by atoms with van der Waals surface area (Å²) in [6.07, 6.45) is 4.64. The molecule has 6 heteroatoms. The Labute approximate surface area is 153 Å². The monoisotopic (exact) mass is 366 g/mol. The van der Waals surface area contributed by atoms with Crippen molar-refractivity contribution >= 4 is 28.2 Å². The van der Waals surface area contributed by atoms with Crippen LogP contribution in [-0.2, 0) is 13.0 Å². The SMILES string of the molecule is O=C(O)c1cn(C2CC2)c2cc(-c3cc4c(s3)CCNC4)ccc2c1=O. The van der Waals surface area contributed by atoms with Crippen molar-refractivity contribution in [2.45, 2.75) is 31.8 Å². The van der Waals surface area contributed by atoms with E-state index in [9.17, 15) is 14.7 Å². The molecule has 2 aromatic heterocycles. The first-order valence-corrected chi connectivity index (χ1v) is 9.68. The van der Waals surface area contributed by atoms with Gasteiger partial charge in [0.15, 0.2) is 0 Å². The average Bonchev–Trinajstić information content (AvgIpc) is 3.39. The molecule has 0 spiro atoms. The summed E-state index contributed by atoms with van der Waals surface area (Å²) in [4.78, 5) is 26.7. The molecule has 5 nitrogen and oxygen atoms in total. The van der Waals surface area contributed by atoms with Gasteiger partial charge in [-0.1, -0.05) is 6.07 Å². The zero-order valence-electron chi connectivity index (χ0n) is 14.1. The van der Waals surface area contributed by atoms with Crippen LogP contribution in [0.25, 0.3) is 21.3 Å². The Balaban J connectivity index is 1.71. The highest BCUT2D eigenvalue weighted by molar-refractivity contribution is 7.15. The normalized spacial score (nSPS) is 16.6. The standard InChI is InChI=1S/C20H18N2O3S/c23-19-14-4-1-11(18-8-12-9-21-6-5-17(12)26-18)7-16(14)22(13-2-3-13)10-15(19)20(24)25/h1,4,7-8,10,13,21H,2-3,5-6,9H2,(H,24,25). The second-order valence-electron chi connectivity index (χ2n) is 7.03. The number of nitrogens with zero attached hydrogens (tertiary/aromatic N) is 1. The van der Waals surface area contributed by atoms with Crippen LogP contribution in [-0.4, -0.2) is 22.2 Å². The summed E-state index contributed by atoms with van der Waals surface area (Å²) in [7, 11) is 0. The van der Waals surface area contributed by atoms with Crippen molar-refractivity contribution in [2.24, 2.45) is 0 Å². The summed E-state index contributed by atoms with van der Waals surface area (Å²) in [6.45, 7) is 1.93. The number of aromatic nitrogens is 1. The lowest BCUT2D eigenvalue weighted by atomic mass is 10.1. The molecule has 2 N–H and O–H groups in total. The molecule has 0 unspecified atom stereocenters. The smallest absolute Gasteiger partial charge is 0.341 e. The highest BCUT2D eigenvalue weighted by atomic mass is 32.1. The maximum absolute atomic E-state index is 12.6. The van der Waals surface area contributed by atoms with Gasteiger partial charge < -0.3 is 15.0 Å². The maximum atomic E-state index is 12.6. The van der Waals surface area contributed by atoms with Gasteiger partial charge in [-0.05, 0) is 48.6 Å². The van der Waals surface area contributed by atoms with Gasteiger partial charge in [0, 0.05) is 40.5 Å². The number of rotatable bonds is 3. The molecule has 1 aliphatic heterocycles. The Morgan fingerprint density at radius 2 is 2.12 bits per heavy atom. The molecule has 0 atom stereocenters. The van der Waals surface area contributed by atoms with Crippen molar-refractivity contribution in [1.82, 2.24) is 9.88 Å². The number of benzene rings is 1. The van der Waals surface area contributed by atoms with Crippen molar-refractivity contribution in [1.29, 1.82) is 0 Å². The minimum absolute atomic E-state index is 0.144. The first kappa shape index (κ1) is 15.8. The number of hydrogen-bond acceptors (Lipinski definition) is 4. The number of carboxylic acid groups (broad SMARTS) is 1. The molecule has 0 amide bonds. The highest BCUT2D eigenvalue weighted by Gasteiger charge is 2.27. The Hall–Kier alpha value is -2.44. The van der Waals surface area contributed by atoms with Crippen LogP contribution in [0.3, 0.4) is 0 Å². The predicted molar refractivity (Wildman–Crippen MR) is 102 cm³/mol. The fraction of sp³-hybridized carbons (Fsp3) is 0.300. The molecule has 1 aliphatic carbocycles. The van der Waals surface area contributed by atoms with Gasteiger partial charge in [-0.3, -0.25) is 4.79 Å². The predicted octanol–water partition coefficient (Wildman–Crippen LogP) is 3.41. The third-order valence-electron chi connectivity index (χ3n) is 5.23. The second-order valence-corrected chi connectivity index (χ2v) is 8.17. The van der Waals surface area contributed by atoms with Gasteiger partial charge in [-0.15, -0.1) is 11.3 Å². The summed E-state index contributed by atoms with van der Waals surface area (Å²) in [6, 6.07) is 8.31. The Kier molecular flexibility index (Phi) is 3.52. The van der Waals surface area contributed by atoms with Crippen LogP contribution < -0.4 is 10.7 Å². The van der Waals surface area contributed by atoms with Crippen LogP contribution in [0.1, 0.15) is 39.7 Å². The van der Waals surface area contributed by atoms with E-state index in [4.69, 9.17) is 0 Å². The van der Waals surface area contributed by atoms with E-state index in [1.54, 1.807) is 6.07 Å². The van der Waals surface area contributed by atoms with E-state index in [0.29, 0.717) is 11.4 Å². The fourth-order valence-electron chi connectivity index (χ4n) is 3.70. The summed E-state index contributed by atoms with van der Waals surface area (Å²) in [5.41, 5.74) is 2.75. The average molecular weight is 366 g/mol. The molecule has 5 rings (SSSR count). The van der Waals surface area contributed by atoms with Gasteiger partial charge in [-0.25, -0.2) is 4.79 Å². The molecule has 132 valence electrons. The zero-order chi connectivity index (χ0) is 17.8. The highest BCUT2D eigenvalue weighted by Crippen LogP contribution is 2.39. The van der Waals surface area contributed by atoms with Crippen molar-refractivity contribution < 1.29 is 9.90 Å². The first-order valence-electron chi connectivity index (χ1n) is 8.86. The van der Waals surface area contributed by atoms with E-state index in [0.717, 1.165) is 43.4 Å². The molecule has 0 radical (unpaired) electrons. The van der Waals surface area contributed by atoms with Crippen LogP contribution in [0, 0.1) is 0 Å². The van der Waals surface area contributed by atoms with E-state index in [2.05, 4.69) is 11.4 Å².